The quantitative estimate of drug-likeness (QED) is 0.778. The van der Waals surface area contributed by atoms with E-state index in [9.17, 15) is 0 Å². The van der Waals surface area contributed by atoms with E-state index in [0.717, 1.165) is 17.0 Å². The number of H-pyrrole nitrogens is 1. The summed E-state index contributed by atoms with van der Waals surface area (Å²) >= 11 is 6.16. The van der Waals surface area contributed by atoms with Gasteiger partial charge in [0.05, 0.1) is 5.02 Å². The number of benzene rings is 1. The molecular weight excluding hydrogens is 194 g/mol. The molecule has 0 amide bonds. The van der Waals surface area contributed by atoms with Gasteiger partial charge >= 0.3 is 0 Å². The van der Waals surface area contributed by atoms with Gasteiger partial charge in [-0.05, 0) is 30.5 Å². The third-order valence-corrected chi connectivity index (χ3v) is 2.85. The number of hydrogen-bond donors (Lipinski definition) is 1. The molecule has 74 valence electrons. The number of aromatic nitrogens is 1. The number of rotatable bonds is 3. The van der Waals surface area contributed by atoms with Crippen molar-refractivity contribution in [2.45, 2.75) is 26.2 Å². The lowest BCUT2D eigenvalue weighted by Crippen LogP contribution is -1.82. The Hall–Kier alpha value is -0.950. The lowest BCUT2D eigenvalue weighted by molar-refractivity contribution is 0.799. The first-order valence-corrected chi connectivity index (χ1v) is 5.45. The van der Waals surface area contributed by atoms with Gasteiger partial charge in [-0.2, -0.15) is 0 Å². The van der Waals surface area contributed by atoms with Crippen LogP contribution >= 0.6 is 11.6 Å². The van der Waals surface area contributed by atoms with Crippen molar-refractivity contribution in [3.05, 3.63) is 35.0 Å². The maximum absolute atomic E-state index is 6.16. The van der Waals surface area contributed by atoms with Crippen molar-refractivity contribution in [2.75, 3.05) is 0 Å². The molecule has 1 nitrogen and oxygen atoms in total. The Balaban J connectivity index is 2.45. The summed E-state index contributed by atoms with van der Waals surface area (Å²) < 4.78 is 0. The van der Waals surface area contributed by atoms with Crippen molar-refractivity contribution in [3.63, 3.8) is 0 Å². The Morgan fingerprint density at radius 2 is 2.21 bits per heavy atom. The molecule has 0 unspecified atom stereocenters. The van der Waals surface area contributed by atoms with Crippen LogP contribution in [0.2, 0.25) is 5.02 Å². The van der Waals surface area contributed by atoms with Gasteiger partial charge in [0.25, 0.3) is 0 Å². The molecule has 0 aliphatic heterocycles. The highest BCUT2D eigenvalue weighted by atomic mass is 35.5. The van der Waals surface area contributed by atoms with E-state index in [0.29, 0.717) is 0 Å². The summed E-state index contributed by atoms with van der Waals surface area (Å²) in [5.41, 5.74) is 2.48. The van der Waals surface area contributed by atoms with Crippen molar-refractivity contribution in [1.82, 2.24) is 4.98 Å². The average molecular weight is 208 g/mol. The van der Waals surface area contributed by atoms with E-state index in [1.54, 1.807) is 0 Å². The van der Waals surface area contributed by atoms with Crippen LogP contribution in [0.25, 0.3) is 10.9 Å². The molecule has 2 aromatic rings. The number of aryl methyl sites for hydroxylation is 1. The van der Waals surface area contributed by atoms with Gasteiger partial charge in [-0.3, -0.25) is 0 Å². The normalized spacial score (nSPS) is 11.0. The maximum Gasteiger partial charge on any atom is 0.0502 e. The zero-order valence-electron chi connectivity index (χ0n) is 8.31. The highest BCUT2D eigenvalue weighted by Gasteiger charge is 2.05. The summed E-state index contributed by atoms with van der Waals surface area (Å²) in [5.74, 6) is 0. The van der Waals surface area contributed by atoms with Crippen molar-refractivity contribution >= 4 is 22.5 Å². The highest BCUT2D eigenvalue weighted by molar-refractivity contribution is 6.35. The fourth-order valence-electron chi connectivity index (χ4n) is 1.77. The monoisotopic (exact) mass is 207 g/mol. The van der Waals surface area contributed by atoms with Crippen LogP contribution in [-0.4, -0.2) is 4.98 Å². The van der Waals surface area contributed by atoms with Crippen LogP contribution in [-0.2, 0) is 6.42 Å². The first kappa shape index (κ1) is 9.60. The van der Waals surface area contributed by atoms with Crippen molar-refractivity contribution in [1.29, 1.82) is 0 Å². The van der Waals surface area contributed by atoms with Gasteiger partial charge in [0.1, 0.15) is 0 Å². The second-order valence-corrected chi connectivity index (χ2v) is 3.99. The minimum absolute atomic E-state index is 0.856. The van der Waals surface area contributed by atoms with Gasteiger partial charge in [-0.25, -0.2) is 0 Å². The van der Waals surface area contributed by atoms with Crippen LogP contribution in [0.4, 0.5) is 0 Å². The molecule has 0 bridgehead atoms. The molecule has 2 rings (SSSR count). The number of hydrogen-bond acceptors (Lipinski definition) is 0. The third kappa shape index (κ3) is 1.64. The molecule has 14 heavy (non-hydrogen) atoms. The van der Waals surface area contributed by atoms with E-state index < -0.39 is 0 Å². The highest BCUT2D eigenvalue weighted by Crippen LogP contribution is 2.27. The largest absolute Gasteiger partial charge is 0.361 e. The second kappa shape index (κ2) is 4.05. The molecule has 1 heterocycles. The Labute approximate surface area is 89.1 Å². The predicted molar refractivity (Wildman–Crippen MR) is 61.9 cm³/mol. The lowest BCUT2D eigenvalue weighted by Gasteiger charge is -1.99. The number of fused-ring (bicyclic) bond motifs is 1. The number of nitrogens with one attached hydrogen (secondary N) is 1. The lowest BCUT2D eigenvalue weighted by atomic mass is 10.1. The first-order chi connectivity index (χ1) is 6.83. The van der Waals surface area contributed by atoms with Crippen molar-refractivity contribution in [2.24, 2.45) is 0 Å². The van der Waals surface area contributed by atoms with Crippen LogP contribution in [0, 0.1) is 0 Å². The van der Waals surface area contributed by atoms with Gasteiger partial charge in [-0.1, -0.05) is 31.0 Å². The SMILES string of the molecule is CCCCc1c[nH]c2cccc(Cl)c12. The number of unbranched alkanes of at least 4 members (excludes halogenated alkanes) is 1. The van der Waals surface area contributed by atoms with E-state index in [1.165, 1.54) is 23.8 Å². The first-order valence-electron chi connectivity index (χ1n) is 5.07. The summed E-state index contributed by atoms with van der Waals surface area (Å²) in [7, 11) is 0. The van der Waals surface area contributed by atoms with E-state index in [4.69, 9.17) is 11.6 Å². The fourth-order valence-corrected chi connectivity index (χ4v) is 2.07. The summed E-state index contributed by atoms with van der Waals surface area (Å²) in [6.45, 7) is 2.20. The minimum atomic E-state index is 0.856. The van der Waals surface area contributed by atoms with Gasteiger partial charge < -0.3 is 4.98 Å². The van der Waals surface area contributed by atoms with Gasteiger partial charge in [0.15, 0.2) is 0 Å². The second-order valence-electron chi connectivity index (χ2n) is 3.58. The smallest absolute Gasteiger partial charge is 0.0502 e. The molecule has 2 heteroatoms. The van der Waals surface area contributed by atoms with Crippen LogP contribution < -0.4 is 0 Å². The van der Waals surface area contributed by atoms with Crippen molar-refractivity contribution < 1.29 is 0 Å². The van der Waals surface area contributed by atoms with Crippen LogP contribution in [0.15, 0.2) is 24.4 Å². The summed E-state index contributed by atoms with van der Waals surface area (Å²) in [6.07, 6.45) is 5.63. The van der Waals surface area contributed by atoms with Gasteiger partial charge in [-0.15, -0.1) is 0 Å². The molecular formula is C12H14ClN. The number of halogens is 1. The number of aromatic amines is 1. The molecule has 0 saturated carbocycles. The van der Waals surface area contributed by atoms with Gasteiger partial charge in [0, 0.05) is 17.1 Å². The summed E-state index contributed by atoms with van der Waals surface area (Å²) in [5, 5.41) is 2.05. The van der Waals surface area contributed by atoms with E-state index >= 15 is 0 Å². The van der Waals surface area contributed by atoms with Gasteiger partial charge in [0.2, 0.25) is 0 Å². The molecule has 0 radical (unpaired) electrons. The maximum atomic E-state index is 6.16. The summed E-state index contributed by atoms with van der Waals surface area (Å²) in [4.78, 5) is 3.25. The fraction of sp³-hybridized carbons (Fsp3) is 0.333. The molecule has 0 aliphatic rings. The van der Waals surface area contributed by atoms with E-state index in [-0.39, 0.29) is 0 Å². The van der Waals surface area contributed by atoms with E-state index in [2.05, 4.69) is 24.2 Å². The molecule has 1 aromatic heterocycles. The molecule has 0 saturated heterocycles. The Morgan fingerprint density at radius 3 is 3.00 bits per heavy atom. The van der Waals surface area contributed by atoms with Crippen LogP contribution in [0.5, 0.6) is 0 Å². The topological polar surface area (TPSA) is 15.8 Å². The Kier molecular flexibility index (Phi) is 2.78. The minimum Gasteiger partial charge on any atom is -0.361 e. The Morgan fingerprint density at radius 1 is 1.36 bits per heavy atom. The summed E-state index contributed by atoms with van der Waals surface area (Å²) in [6, 6.07) is 5.99. The van der Waals surface area contributed by atoms with Crippen LogP contribution in [0.1, 0.15) is 25.3 Å². The molecule has 0 fully saturated rings. The molecule has 0 spiro atoms. The molecule has 0 aliphatic carbocycles. The average Bonchev–Trinajstić information content (AvgIpc) is 2.59. The van der Waals surface area contributed by atoms with Crippen LogP contribution in [0.3, 0.4) is 0 Å². The molecule has 1 N–H and O–H groups in total. The molecule has 0 atom stereocenters. The predicted octanol–water partition coefficient (Wildman–Crippen LogP) is 4.16. The zero-order valence-corrected chi connectivity index (χ0v) is 9.06. The van der Waals surface area contributed by atoms with E-state index in [1.807, 2.05) is 12.1 Å². The molecule has 1 aromatic carbocycles. The Bertz CT molecular complexity index is 431. The standard InChI is InChI=1S/C12H14ClN/c1-2-3-5-9-8-14-11-7-4-6-10(13)12(9)11/h4,6-8,14H,2-3,5H2,1H3. The zero-order chi connectivity index (χ0) is 9.97. The third-order valence-electron chi connectivity index (χ3n) is 2.54. The van der Waals surface area contributed by atoms with Crippen molar-refractivity contribution in [3.8, 4) is 0 Å².